The van der Waals surface area contributed by atoms with Crippen LogP contribution in [-0.4, -0.2) is 8.07 Å². The largest absolute Gasteiger partial charge is 0.179 e. The fourth-order valence-corrected chi connectivity index (χ4v) is 16.7. The van der Waals surface area contributed by atoms with E-state index in [2.05, 4.69) is 139 Å². The third kappa shape index (κ3) is 17.5. The van der Waals surface area contributed by atoms with Crippen LogP contribution in [-0.2, 0) is 44.9 Å². The van der Waals surface area contributed by atoms with E-state index >= 15 is 0 Å². The van der Waals surface area contributed by atoms with Crippen LogP contribution in [0.3, 0.4) is 0 Å². The van der Waals surface area contributed by atoms with Gasteiger partial charge in [-0.1, -0.05) is 254 Å². The maximum Gasteiger partial charge on any atom is 0.179 e. The van der Waals surface area contributed by atoms with Crippen molar-refractivity contribution in [3.63, 3.8) is 0 Å². The average Bonchev–Trinajstić information content (AvgIpc) is 3.80. The Kier molecular flexibility index (Phi) is 25.8. The fraction of sp³-hybridized carbons (Fsp3) is 0.576. The molecule has 0 aliphatic heterocycles. The highest BCUT2D eigenvalue weighted by Crippen LogP contribution is 2.34. The third-order valence-corrected chi connectivity index (χ3v) is 19.8. The van der Waals surface area contributed by atoms with Crippen molar-refractivity contribution in [2.45, 2.75) is 247 Å². The highest BCUT2D eigenvalue weighted by atomic mass is 28.3. The van der Waals surface area contributed by atoms with Gasteiger partial charge in [-0.15, -0.1) is 0 Å². The van der Waals surface area contributed by atoms with E-state index in [1.165, 1.54) is 198 Å². The predicted octanol–water partition coefficient (Wildman–Crippen LogP) is 17.9. The summed E-state index contributed by atoms with van der Waals surface area (Å²) in [6.07, 6.45) is 45.9. The minimum absolute atomic E-state index is 1.00. The molecule has 0 saturated carbocycles. The van der Waals surface area contributed by atoms with Crippen molar-refractivity contribution in [2.75, 3.05) is 0 Å². The van der Waals surface area contributed by atoms with E-state index in [-0.39, 0.29) is 0 Å². The molecule has 0 atom stereocenters. The molecular formula is C66H98Si. The van der Waals surface area contributed by atoms with Crippen LogP contribution < -0.4 is 15.6 Å². The van der Waals surface area contributed by atoms with E-state index in [0.717, 1.165) is 12.8 Å². The van der Waals surface area contributed by atoms with Crippen LogP contribution in [0, 0.1) is 0 Å². The molecule has 5 rings (SSSR count). The van der Waals surface area contributed by atoms with Gasteiger partial charge in [-0.2, -0.15) is 0 Å². The van der Waals surface area contributed by atoms with E-state index in [1.54, 1.807) is 59.7 Å². The van der Waals surface area contributed by atoms with Crippen LogP contribution in [0.5, 0.6) is 0 Å². The van der Waals surface area contributed by atoms with Gasteiger partial charge in [-0.3, -0.25) is 0 Å². The summed E-state index contributed by atoms with van der Waals surface area (Å²) >= 11 is 0. The molecule has 67 heavy (non-hydrogen) atoms. The van der Waals surface area contributed by atoms with Crippen molar-refractivity contribution in [3.8, 4) is 0 Å². The molecule has 1 heteroatoms. The quantitative estimate of drug-likeness (QED) is 0.0242. The first kappa shape index (κ1) is 54.5. The molecule has 0 amide bonds. The molecule has 366 valence electrons. The summed E-state index contributed by atoms with van der Waals surface area (Å²) in [6.45, 7) is 14.1. The summed E-state index contributed by atoms with van der Waals surface area (Å²) in [5.74, 6) is 0. The van der Waals surface area contributed by atoms with E-state index in [1.807, 2.05) is 0 Å². The molecule has 0 spiro atoms. The van der Waals surface area contributed by atoms with Crippen molar-refractivity contribution in [1.82, 2.24) is 0 Å². The molecule has 0 N–H and O–H groups in total. The Morgan fingerprint density at radius 2 is 0.612 bits per heavy atom. The Morgan fingerprint density at radius 3 is 0.896 bits per heavy atom. The van der Waals surface area contributed by atoms with Crippen LogP contribution in [0.2, 0.25) is 0 Å². The zero-order valence-electron chi connectivity index (χ0n) is 44.4. The van der Waals surface area contributed by atoms with Gasteiger partial charge in [0.25, 0.3) is 0 Å². The Labute approximate surface area is 415 Å². The lowest BCUT2D eigenvalue weighted by Crippen LogP contribution is -2.69. The van der Waals surface area contributed by atoms with Gasteiger partial charge in [0.15, 0.2) is 8.07 Å². The monoisotopic (exact) mass is 919 g/mol. The highest BCUT2D eigenvalue weighted by Gasteiger charge is 2.46. The molecule has 0 bridgehead atoms. The van der Waals surface area contributed by atoms with Gasteiger partial charge in [0.2, 0.25) is 0 Å². The number of hydrogen-bond acceptors (Lipinski definition) is 0. The molecule has 1 aliphatic rings. The second kappa shape index (κ2) is 31.7. The standard InChI is InChI=1S/C66H98Si/c1-7-13-19-26-37-56-45-57(38-27-20-14-8-2)50-63(49-56)67(66-44-34-43-62(66)48-55-35-32-25-33-36-55,64-51-58(39-28-21-15-9-3)46-59(52-64)40-29-22-16-10-4)65-53-60(41-30-23-17-11-5)47-61(54-65)42-31-24-18-12-6/h25,32-33,35-36,43-47,49-54H,7-24,26-31,34,37-42,48H2,1-6H3. The summed E-state index contributed by atoms with van der Waals surface area (Å²) in [4.78, 5) is 0. The predicted molar refractivity (Wildman–Crippen MR) is 302 cm³/mol. The summed E-state index contributed by atoms with van der Waals surface area (Å²) in [7, 11) is -2.93. The van der Waals surface area contributed by atoms with Crippen molar-refractivity contribution >= 4 is 23.6 Å². The second-order valence-corrected chi connectivity index (χ2v) is 24.7. The van der Waals surface area contributed by atoms with Crippen LogP contribution in [0.4, 0.5) is 0 Å². The molecule has 1 aliphatic carbocycles. The number of rotatable bonds is 36. The third-order valence-electron chi connectivity index (χ3n) is 15.0. The topological polar surface area (TPSA) is 0 Å². The lowest BCUT2D eigenvalue weighted by Gasteiger charge is -2.38. The molecule has 0 unspecified atom stereocenters. The zero-order valence-corrected chi connectivity index (χ0v) is 45.4. The summed E-state index contributed by atoms with van der Waals surface area (Å²) in [5, 5.41) is 6.69. The van der Waals surface area contributed by atoms with E-state index in [9.17, 15) is 0 Å². The summed E-state index contributed by atoms with van der Waals surface area (Å²) in [5.41, 5.74) is 12.6. The first-order chi connectivity index (χ1) is 33.0. The fourth-order valence-electron chi connectivity index (χ4n) is 11.2. The number of unbranched alkanes of at least 4 members (excludes halogenated alkanes) is 18. The Balaban J connectivity index is 1.89. The summed E-state index contributed by atoms with van der Waals surface area (Å²) in [6, 6.07) is 36.3. The molecule has 4 aromatic rings. The molecule has 0 radical (unpaired) electrons. The van der Waals surface area contributed by atoms with Crippen LogP contribution in [0.15, 0.2) is 108 Å². The highest BCUT2D eigenvalue weighted by molar-refractivity contribution is 7.16. The SMILES string of the molecule is CCCCCCc1cc(CCCCCC)cc([Si](C2=CCC=C2Cc2ccccc2)(c2cc(CCCCCC)cc(CCCCCC)c2)c2cc(CCCCCC)cc(CCCCCC)c2)c1. The Hall–Kier alpha value is -3.42. The zero-order chi connectivity index (χ0) is 47.4. The lowest BCUT2D eigenvalue weighted by molar-refractivity contribution is 0.661. The number of allylic oxidation sites excluding steroid dienone is 4. The van der Waals surface area contributed by atoms with Gasteiger partial charge < -0.3 is 0 Å². The molecule has 0 heterocycles. The van der Waals surface area contributed by atoms with E-state index < -0.39 is 8.07 Å². The molecule has 0 aromatic heterocycles. The van der Waals surface area contributed by atoms with E-state index in [4.69, 9.17) is 0 Å². The molecule has 0 fully saturated rings. The van der Waals surface area contributed by atoms with Gasteiger partial charge in [-0.05, 0) is 155 Å². The number of aryl methyl sites for hydroxylation is 6. The van der Waals surface area contributed by atoms with Crippen molar-refractivity contribution in [2.24, 2.45) is 0 Å². The number of benzene rings is 4. The van der Waals surface area contributed by atoms with Crippen molar-refractivity contribution in [1.29, 1.82) is 0 Å². The van der Waals surface area contributed by atoms with Gasteiger partial charge >= 0.3 is 0 Å². The van der Waals surface area contributed by atoms with Gasteiger partial charge in [0, 0.05) is 0 Å². The molecule has 4 aromatic carbocycles. The second-order valence-electron chi connectivity index (χ2n) is 21.0. The lowest BCUT2D eigenvalue weighted by atomic mass is 10.00. The van der Waals surface area contributed by atoms with Crippen LogP contribution in [0.25, 0.3) is 0 Å². The molecular weight excluding hydrogens is 821 g/mol. The summed E-state index contributed by atoms with van der Waals surface area (Å²) < 4.78 is 0. The first-order valence-electron chi connectivity index (χ1n) is 28.8. The normalized spacial score (nSPS) is 12.8. The van der Waals surface area contributed by atoms with Gasteiger partial charge in [0.05, 0.1) is 0 Å². The maximum atomic E-state index is 2.80. The minimum Gasteiger partial charge on any atom is -0.0801 e. The van der Waals surface area contributed by atoms with E-state index in [0.29, 0.717) is 0 Å². The number of hydrogen-bond donors (Lipinski definition) is 0. The molecule has 0 nitrogen and oxygen atoms in total. The Bertz CT molecular complexity index is 1760. The first-order valence-corrected chi connectivity index (χ1v) is 30.8. The van der Waals surface area contributed by atoms with Crippen molar-refractivity contribution in [3.05, 3.63) is 147 Å². The average molecular weight is 920 g/mol. The smallest absolute Gasteiger partial charge is 0.0801 e. The molecule has 0 saturated heterocycles. The van der Waals surface area contributed by atoms with Gasteiger partial charge in [0.1, 0.15) is 0 Å². The Morgan fingerprint density at radius 1 is 0.313 bits per heavy atom. The maximum absolute atomic E-state index is 2.93. The van der Waals surface area contributed by atoms with Crippen molar-refractivity contribution < 1.29 is 0 Å². The van der Waals surface area contributed by atoms with Crippen LogP contribution in [0.1, 0.15) is 241 Å². The van der Waals surface area contributed by atoms with Gasteiger partial charge in [-0.25, -0.2) is 0 Å². The van der Waals surface area contributed by atoms with Crippen LogP contribution >= 0.6 is 0 Å². The minimum atomic E-state index is -2.93.